The first-order valence-electron chi connectivity index (χ1n) is 8.19. The maximum Gasteiger partial charge on any atom is 0.252 e. The minimum Gasteiger partial charge on any atom is -0.352 e. The van der Waals surface area contributed by atoms with Gasteiger partial charge >= 0.3 is 0 Å². The Morgan fingerprint density at radius 3 is 2.88 bits per heavy atom. The van der Waals surface area contributed by atoms with Crippen LogP contribution < -0.4 is 5.32 Å². The summed E-state index contributed by atoms with van der Waals surface area (Å²) in [5, 5.41) is 8.33. The van der Waals surface area contributed by atoms with Gasteiger partial charge in [0.15, 0.2) is 5.65 Å². The molecule has 0 aliphatic heterocycles. The van der Waals surface area contributed by atoms with Crippen molar-refractivity contribution in [2.24, 2.45) is 0 Å². The zero-order valence-corrected chi connectivity index (χ0v) is 14.3. The van der Waals surface area contributed by atoms with Gasteiger partial charge in [-0.05, 0) is 33.3 Å². The normalized spacial score (nSPS) is 11.1. The van der Waals surface area contributed by atoms with Crippen LogP contribution in [0.1, 0.15) is 35.1 Å². The van der Waals surface area contributed by atoms with E-state index in [0.717, 1.165) is 41.9 Å². The molecule has 0 radical (unpaired) electrons. The number of fused-ring (bicyclic) bond motifs is 1. The van der Waals surface area contributed by atoms with Crippen molar-refractivity contribution in [2.75, 3.05) is 6.54 Å². The second kappa shape index (κ2) is 6.82. The van der Waals surface area contributed by atoms with E-state index >= 15 is 0 Å². The van der Waals surface area contributed by atoms with Crippen molar-refractivity contribution in [3.05, 3.63) is 41.7 Å². The molecule has 1 amide bonds. The monoisotopic (exact) mass is 326 g/mol. The summed E-state index contributed by atoms with van der Waals surface area (Å²) >= 11 is 0. The number of nitrogens with one attached hydrogen (secondary N) is 1. The van der Waals surface area contributed by atoms with Gasteiger partial charge in [-0.25, -0.2) is 14.6 Å². The van der Waals surface area contributed by atoms with Gasteiger partial charge in [0.1, 0.15) is 0 Å². The number of hydrogen-bond acceptors (Lipinski definition) is 4. The van der Waals surface area contributed by atoms with Crippen molar-refractivity contribution in [3.8, 4) is 0 Å². The molecule has 0 aliphatic carbocycles. The van der Waals surface area contributed by atoms with Crippen LogP contribution in [0.25, 0.3) is 11.0 Å². The Balaban J connectivity index is 1.75. The SMILES string of the molecule is CCn1nc(C)c2c(C(=O)NCCCn3ccnc3)cc(C)nc21. The lowest BCUT2D eigenvalue weighted by Crippen LogP contribution is -2.25. The number of pyridine rings is 1. The average molecular weight is 326 g/mol. The van der Waals surface area contributed by atoms with Crippen LogP contribution >= 0.6 is 0 Å². The molecule has 7 nitrogen and oxygen atoms in total. The number of amides is 1. The molecule has 0 atom stereocenters. The average Bonchev–Trinajstić information content (AvgIpc) is 3.18. The van der Waals surface area contributed by atoms with Gasteiger partial charge in [-0.3, -0.25) is 4.79 Å². The van der Waals surface area contributed by atoms with E-state index in [2.05, 4.69) is 20.4 Å². The Bertz CT molecular complexity index is 850. The minimum absolute atomic E-state index is 0.0742. The molecule has 24 heavy (non-hydrogen) atoms. The second-order valence-electron chi connectivity index (χ2n) is 5.82. The maximum atomic E-state index is 12.6. The lowest BCUT2D eigenvalue weighted by Gasteiger charge is -2.08. The van der Waals surface area contributed by atoms with Crippen LogP contribution in [0.5, 0.6) is 0 Å². The van der Waals surface area contributed by atoms with Gasteiger partial charge in [0.2, 0.25) is 0 Å². The Morgan fingerprint density at radius 1 is 1.33 bits per heavy atom. The summed E-state index contributed by atoms with van der Waals surface area (Å²) in [4.78, 5) is 21.2. The molecule has 0 spiro atoms. The summed E-state index contributed by atoms with van der Waals surface area (Å²) in [5.41, 5.74) is 3.08. The number of carbonyl (C=O) groups is 1. The van der Waals surface area contributed by atoms with Crippen molar-refractivity contribution in [2.45, 2.75) is 40.3 Å². The number of carbonyl (C=O) groups excluding carboxylic acids is 1. The van der Waals surface area contributed by atoms with Gasteiger partial charge in [0, 0.05) is 37.7 Å². The zero-order chi connectivity index (χ0) is 17.1. The van der Waals surface area contributed by atoms with Crippen LogP contribution in [-0.2, 0) is 13.1 Å². The molecule has 126 valence electrons. The third kappa shape index (κ3) is 3.15. The Kier molecular flexibility index (Phi) is 4.59. The molecule has 0 saturated heterocycles. The lowest BCUT2D eigenvalue weighted by molar-refractivity contribution is 0.0954. The van der Waals surface area contributed by atoms with Crippen molar-refractivity contribution in [3.63, 3.8) is 0 Å². The Hall–Kier alpha value is -2.70. The highest BCUT2D eigenvalue weighted by atomic mass is 16.1. The third-order valence-corrected chi connectivity index (χ3v) is 3.99. The number of aromatic nitrogens is 5. The van der Waals surface area contributed by atoms with E-state index in [1.807, 2.05) is 42.3 Å². The van der Waals surface area contributed by atoms with Crippen LogP contribution in [0.15, 0.2) is 24.8 Å². The van der Waals surface area contributed by atoms with Crippen LogP contribution in [0.4, 0.5) is 0 Å². The smallest absolute Gasteiger partial charge is 0.252 e. The highest BCUT2D eigenvalue weighted by Crippen LogP contribution is 2.22. The van der Waals surface area contributed by atoms with E-state index in [1.54, 1.807) is 12.5 Å². The molecular weight excluding hydrogens is 304 g/mol. The fourth-order valence-corrected chi connectivity index (χ4v) is 2.86. The minimum atomic E-state index is -0.0742. The molecule has 7 heteroatoms. The van der Waals surface area contributed by atoms with E-state index in [4.69, 9.17) is 0 Å². The number of hydrogen-bond donors (Lipinski definition) is 1. The van der Waals surface area contributed by atoms with Crippen molar-refractivity contribution >= 4 is 16.9 Å². The first-order valence-corrected chi connectivity index (χ1v) is 8.19. The van der Waals surface area contributed by atoms with Crippen molar-refractivity contribution < 1.29 is 4.79 Å². The number of imidazole rings is 1. The number of aryl methyl sites for hydroxylation is 4. The van der Waals surface area contributed by atoms with Crippen LogP contribution in [0.3, 0.4) is 0 Å². The summed E-state index contributed by atoms with van der Waals surface area (Å²) in [6, 6.07) is 1.84. The van der Waals surface area contributed by atoms with Crippen molar-refractivity contribution in [1.82, 2.24) is 29.6 Å². The van der Waals surface area contributed by atoms with E-state index in [9.17, 15) is 4.79 Å². The van der Waals surface area contributed by atoms with Crippen LogP contribution in [0.2, 0.25) is 0 Å². The molecule has 1 N–H and O–H groups in total. The summed E-state index contributed by atoms with van der Waals surface area (Å²) in [6.07, 6.45) is 6.30. The molecule has 3 rings (SSSR count). The molecule has 0 aromatic carbocycles. The molecule has 3 aromatic rings. The van der Waals surface area contributed by atoms with E-state index in [-0.39, 0.29) is 5.91 Å². The highest BCUT2D eigenvalue weighted by molar-refractivity contribution is 6.06. The first-order chi connectivity index (χ1) is 11.6. The van der Waals surface area contributed by atoms with Crippen LogP contribution in [0, 0.1) is 13.8 Å². The van der Waals surface area contributed by atoms with Gasteiger partial charge in [0.05, 0.1) is 23.0 Å². The highest BCUT2D eigenvalue weighted by Gasteiger charge is 2.17. The van der Waals surface area contributed by atoms with E-state index in [0.29, 0.717) is 12.1 Å². The fraction of sp³-hybridized carbons (Fsp3) is 0.412. The summed E-state index contributed by atoms with van der Waals surface area (Å²) in [6.45, 7) is 8.01. The molecular formula is C17H22N6O. The Labute approximate surface area is 140 Å². The zero-order valence-electron chi connectivity index (χ0n) is 14.3. The van der Waals surface area contributed by atoms with Gasteiger partial charge < -0.3 is 9.88 Å². The van der Waals surface area contributed by atoms with Crippen molar-refractivity contribution in [1.29, 1.82) is 0 Å². The van der Waals surface area contributed by atoms with E-state index in [1.165, 1.54) is 0 Å². The van der Waals surface area contributed by atoms with Gasteiger partial charge in [-0.2, -0.15) is 5.10 Å². The molecule has 0 saturated carbocycles. The first kappa shape index (κ1) is 16.2. The Morgan fingerprint density at radius 2 is 2.17 bits per heavy atom. The molecule has 0 unspecified atom stereocenters. The van der Waals surface area contributed by atoms with Gasteiger partial charge in [0.25, 0.3) is 5.91 Å². The summed E-state index contributed by atoms with van der Waals surface area (Å²) in [7, 11) is 0. The topological polar surface area (TPSA) is 77.6 Å². The molecule has 0 fully saturated rings. The van der Waals surface area contributed by atoms with E-state index < -0.39 is 0 Å². The largest absolute Gasteiger partial charge is 0.352 e. The third-order valence-electron chi connectivity index (χ3n) is 3.99. The van der Waals surface area contributed by atoms with Gasteiger partial charge in [-0.1, -0.05) is 0 Å². The predicted molar refractivity (Wildman–Crippen MR) is 91.9 cm³/mol. The maximum absolute atomic E-state index is 12.6. The predicted octanol–water partition coefficient (Wildman–Crippen LogP) is 2.08. The standard InChI is InChI=1S/C17H22N6O/c1-4-23-16-15(13(3)21-23)14(10-12(2)20-16)17(24)19-6-5-8-22-9-7-18-11-22/h7,9-11H,4-6,8H2,1-3H3,(H,19,24). The second-order valence-corrected chi connectivity index (χ2v) is 5.82. The summed E-state index contributed by atoms with van der Waals surface area (Å²) < 4.78 is 3.84. The summed E-state index contributed by atoms with van der Waals surface area (Å²) in [5.74, 6) is -0.0742. The fourth-order valence-electron chi connectivity index (χ4n) is 2.86. The van der Waals surface area contributed by atoms with Gasteiger partial charge in [-0.15, -0.1) is 0 Å². The van der Waals surface area contributed by atoms with Crippen LogP contribution in [-0.4, -0.2) is 36.8 Å². The molecule has 3 heterocycles. The molecule has 0 aliphatic rings. The molecule has 3 aromatic heterocycles. The lowest BCUT2D eigenvalue weighted by atomic mass is 10.1. The molecule has 0 bridgehead atoms. The number of rotatable bonds is 6. The quantitative estimate of drug-likeness (QED) is 0.704. The number of nitrogens with zero attached hydrogens (tertiary/aromatic N) is 5.